The summed E-state index contributed by atoms with van der Waals surface area (Å²) in [6.45, 7) is 7.54. The number of nitrogens with zero attached hydrogens (tertiary/aromatic N) is 1. The molecule has 0 heterocycles. The van der Waals surface area contributed by atoms with E-state index >= 15 is 0 Å². The molecule has 0 unspecified atom stereocenters. The molecule has 27 heavy (non-hydrogen) atoms. The molecule has 0 saturated carbocycles. The van der Waals surface area contributed by atoms with Crippen LogP contribution in [0.2, 0.25) is 5.02 Å². The third kappa shape index (κ3) is 6.92. The number of carbonyl (C=O) groups is 2. The van der Waals surface area contributed by atoms with Gasteiger partial charge in [-0.05, 0) is 61.6 Å². The first-order valence-electron chi connectivity index (χ1n) is 8.96. The highest BCUT2D eigenvalue weighted by Gasteiger charge is 2.07. The van der Waals surface area contributed by atoms with E-state index in [2.05, 4.69) is 34.7 Å². The molecule has 2 aromatic rings. The van der Waals surface area contributed by atoms with Gasteiger partial charge in [0.2, 0.25) is 0 Å². The van der Waals surface area contributed by atoms with Crippen LogP contribution in [0.1, 0.15) is 24.2 Å². The van der Waals surface area contributed by atoms with Gasteiger partial charge in [-0.25, -0.2) is 4.79 Å². The number of urea groups is 1. The molecule has 7 heteroatoms. The van der Waals surface area contributed by atoms with E-state index in [1.807, 2.05) is 0 Å². The van der Waals surface area contributed by atoms with Crippen molar-refractivity contribution in [3.8, 4) is 0 Å². The molecule has 6 nitrogen and oxygen atoms in total. The Morgan fingerprint density at radius 3 is 1.93 bits per heavy atom. The van der Waals surface area contributed by atoms with Gasteiger partial charge in [0.15, 0.2) is 0 Å². The van der Waals surface area contributed by atoms with Gasteiger partial charge in [0.05, 0.1) is 0 Å². The Kier molecular flexibility index (Phi) is 8.10. The van der Waals surface area contributed by atoms with E-state index in [4.69, 9.17) is 11.6 Å². The summed E-state index contributed by atoms with van der Waals surface area (Å²) in [5, 5.41) is 8.94. The summed E-state index contributed by atoms with van der Waals surface area (Å²) in [4.78, 5) is 26.4. The summed E-state index contributed by atoms with van der Waals surface area (Å²) in [5.74, 6) is -0.126. The molecule has 0 saturated heterocycles. The summed E-state index contributed by atoms with van der Waals surface area (Å²) in [7, 11) is 0. The zero-order valence-electron chi connectivity index (χ0n) is 15.6. The van der Waals surface area contributed by atoms with E-state index in [1.54, 1.807) is 48.5 Å². The van der Waals surface area contributed by atoms with Crippen LogP contribution in [-0.4, -0.2) is 43.0 Å². The van der Waals surface area contributed by atoms with Gasteiger partial charge in [0.1, 0.15) is 0 Å². The summed E-state index contributed by atoms with van der Waals surface area (Å²) in [6, 6.07) is 13.2. The van der Waals surface area contributed by atoms with Crippen LogP contribution in [0.4, 0.5) is 16.2 Å². The van der Waals surface area contributed by atoms with E-state index in [-0.39, 0.29) is 11.9 Å². The van der Waals surface area contributed by atoms with Gasteiger partial charge in [0, 0.05) is 35.1 Å². The summed E-state index contributed by atoms with van der Waals surface area (Å²) in [5.41, 5.74) is 1.79. The van der Waals surface area contributed by atoms with Crippen molar-refractivity contribution in [1.82, 2.24) is 10.2 Å². The van der Waals surface area contributed by atoms with Crippen molar-refractivity contribution in [3.05, 3.63) is 59.1 Å². The fraction of sp³-hybridized carbons (Fsp3) is 0.300. The van der Waals surface area contributed by atoms with E-state index in [0.29, 0.717) is 28.5 Å². The van der Waals surface area contributed by atoms with Crippen LogP contribution in [0.3, 0.4) is 0 Å². The number of benzene rings is 2. The Balaban J connectivity index is 1.82. The highest BCUT2D eigenvalue weighted by Crippen LogP contribution is 2.14. The number of likely N-dealkylation sites (N-methyl/N-ethyl adjacent to an activating group) is 1. The zero-order chi connectivity index (χ0) is 19.6. The predicted molar refractivity (Wildman–Crippen MR) is 111 cm³/mol. The third-order valence-electron chi connectivity index (χ3n) is 4.12. The molecule has 2 aromatic carbocycles. The number of carbonyl (C=O) groups excluding carboxylic acids is 2. The van der Waals surface area contributed by atoms with E-state index in [9.17, 15) is 9.59 Å². The Bertz CT molecular complexity index is 744. The molecule has 0 aliphatic rings. The van der Waals surface area contributed by atoms with Gasteiger partial charge in [-0.1, -0.05) is 25.4 Å². The Morgan fingerprint density at radius 1 is 0.889 bits per heavy atom. The molecule has 0 atom stereocenters. The fourth-order valence-corrected chi connectivity index (χ4v) is 2.63. The van der Waals surface area contributed by atoms with Gasteiger partial charge in [-0.2, -0.15) is 0 Å². The summed E-state index contributed by atoms with van der Waals surface area (Å²) < 4.78 is 0. The third-order valence-corrected chi connectivity index (χ3v) is 4.37. The molecule has 2 rings (SSSR count). The van der Waals surface area contributed by atoms with Crippen molar-refractivity contribution < 1.29 is 9.59 Å². The number of halogens is 1. The van der Waals surface area contributed by atoms with Crippen molar-refractivity contribution in [2.75, 3.05) is 36.8 Å². The molecule has 0 aromatic heterocycles. The lowest BCUT2D eigenvalue weighted by Crippen LogP contribution is -2.34. The van der Waals surface area contributed by atoms with Crippen LogP contribution in [0.15, 0.2) is 48.5 Å². The maximum atomic E-state index is 12.2. The highest BCUT2D eigenvalue weighted by molar-refractivity contribution is 6.30. The second-order valence-electron chi connectivity index (χ2n) is 5.95. The molecule has 0 aliphatic heterocycles. The maximum Gasteiger partial charge on any atom is 0.323 e. The Morgan fingerprint density at radius 2 is 1.41 bits per heavy atom. The summed E-state index contributed by atoms with van der Waals surface area (Å²) in [6.07, 6.45) is 0. The smallest absolute Gasteiger partial charge is 0.323 e. The quantitative estimate of drug-likeness (QED) is 0.638. The van der Waals surface area contributed by atoms with Gasteiger partial charge < -0.3 is 20.9 Å². The number of hydrogen-bond donors (Lipinski definition) is 3. The van der Waals surface area contributed by atoms with Gasteiger partial charge in [-0.15, -0.1) is 0 Å². The Labute approximate surface area is 164 Å². The van der Waals surface area contributed by atoms with E-state index < -0.39 is 0 Å². The van der Waals surface area contributed by atoms with Crippen molar-refractivity contribution in [2.45, 2.75) is 13.8 Å². The average molecular weight is 389 g/mol. The molecule has 0 fully saturated rings. The number of hydrogen-bond acceptors (Lipinski definition) is 3. The van der Waals surface area contributed by atoms with Crippen molar-refractivity contribution in [3.63, 3.8) is 0 Å². The molecular weight excluding hydrogens is 364 g/mol. The minimum Gasteiger partial charge on any atom is -0.351 e. The molecule has 3 N–H and O–H groups in total. The SMILES string of the molecule is CCN(CC)CCNC(=O)c1ccc(NC(=O)Nc2ccc(Cl)cc2)cc1. The van der Waals surface area contributed by atoms with Crippen molar-refractivity contribution in [2.24, 2.45) is 0 Å². The van der Waals surface area contributed by atoms with Crippen LogP contribution in [0.25, 0.3) is 0 Å². The van der Waals surface area contributed by atoms with Crippen LogP contribution in [0.5, 0.6) is 0 Å². The minimum atomic E-state index is -0.367. The van der Waals surface area contributed by atoms with Gasteiger partial charge >= 0.3 is 6.03 Å². The Hall–Kier alpha value is -2.57. The molecular formula is C20H25ClN4O2. The number of amides is 3. The molecule has 144 valence electrons. The van der Waals surface area contributed by atoms with E-state index in [1.165, 1.54) is 0 Å². The normalized spacial score (nSPS) is 10.5. The lowest BCUT2D eigenvalue weighted by atomic mass is 10.2. The van der Waals surface area contributed by atoms with Gasteiger partial charge in [-0.3, -0.25) is 4.79 Å². The van der Waals surface area contributed by atoms with Crippen LogP contribution < -0.4 is 16.0 Å². The monoisotopic (exact) mass is 388 g/mol. The number of rotatable bonds is 8. The van der Waals surface area contributed by atoms with Crippen LogP contribution >= 0.6 is 11.6 Å². The second-order valence-corrected chi connectivity index (χ2v) is 6.38. The van der Waals surface area contributed by atoms with Crippen molar-refractivity contribution >= 4 is 34.9 Å². The lowest BCUT2D eigenvalue weighted by molar-refractivity contribution is 0.0949. The van der Waals surface area contributed by atoms with Crippen molar-refractivity contribution in [1.29, 1.82) is 0 Å². The standard InChI is InChI=1S/C20H25ClN4O2/c1-3-25(4-2)14-13-22-19(26)15-5-9-17(10-6-15)23-20(27)24-18-11-7-16(21)8-12-18/h5-12H,3-4,13-14H2,1-2H3,(H,22,26)(H2,23,24,27). The number of nitrogens with one attached hydrogen (secondary N) is 3. The van der Waals surface area contributed by atoms with Crippen LogP contribution in [0, 0.1) is 0 Å². The molecule has 0 bridgehead atoms. The lowest BCUT2D eigenvalue weighted by Gasteiger charge is -2.18. The number of anilines is 2. The maximum absolute atomic E-state index is 12.2. The second kappa shape index (κ2) is 10.5. The van der Waals surface area contributed by atoms with Crippen LogP contribution in [-0.2, 0) is 0 Å². The average Bonchev–Trinajstić information content (AvgIpc) is 2.67. The highest BCUT2D eigenvalue weighted by atomic mass is 35.5. The topological polar surface area (TPSA) is 73.5 Å². The fourth-order valence-electron chi connectivity index (χ4n) is 2.50. The molecule has 0 radical (unpaired) electrons. The minimum absolute atomic E-state index is 0.126. The zero-order valence-corrected chi connectivity index (χ0v) is 16.3. The first-order chi connectivity index (χ1) is 13.0. The predicted octanol–water partition coefficient (Wildman–Crippen LogP) is 4.06. The molecule has 0 spiro atoms. The summed E-state index contributed by atoms with van der Waals surface area (Å²) >= 11 is 5.82. The van der Waals surface area contributed by atoms with Gasteiger partial charge in [0.25, 0.3) is 5.91 Å². The molecule has 3 amide bonds. The first-order valence-corrected chi connectivity index (χ1v) is 9.33. The molecule has 0 aliphatic carbocycles. The first kappa shape index (κ1) is 20.7. The van der Waals surface area contributed by atoms with E-state index in [0.717, 1.165) is 19.6 Å². The largest absolute Gasteiger partial charge is 0.351 e.